The Balaban J connectivity index is 2.00. The number of nitrogens with zero attached hydrogens (tertiary/aromatic N) is 3. The molecular formula is C16H22N4O3S. The number of hydrogen-bond donors (Lipinski definition) is 1. The third-order valence-corrected chi connectivity index (χ3v) is 4.27. The van der Waals surface area contributed by atoms with E-state index in [0.717, 1.165) is 17.7 Å². The van der Waals surface area contributed by atoms with E-state index in [-0.39, 0.29) is 11.7 Å². The number of nitrogens with one attached hydrogen (secondary N) is 1. The third kappa shape index (κ3) is 4.72. The maximum Gasteiger partial charge on any atom is 0.230 e. The van der Waals surface area contributed by atoms with Crippen LogP contribution in [-0.2, 0) is 16.1 Å². The summed E-state index contributed by atoms with van der Waals surface area (Å²) < 4.78 is 12.2. The summed E-state index contributed by atoms with van der Waals surface area (Å²) >= 11 is 1.35. The molecule has 2 heterocycles. The van der Waals surface area contributed by atoms with Gasteiger partial charge in [-0.25, -0.2) is 0 Å². The number of aryl methyl sites for hydroxylation is 1. The van der Waals surface area contributed by atoms with Crippen molar-refractivity contribution in [2.45, 2.75) is 25.0 Å². The summed E-state index contributed by atoms with van der Waals surface area (Å²) in [5.41, 5.74) is 0.889. The van der Waals surface area contributed by atoms with Crippen LogP contribution in [0, 0.1) is 6.92 Å². The highest BCUT2D eigenvalue weighted by atomic mass is 32.2. The Bertz CT molecular complexity index is 681. The van der Waals surface area contributed by atoms with Gasteiger partial charge in [0.15, 0.2) is 11.0 Å². The zero-order valence-electron chi connectivity index (χ0n) is 13.9. The molecule has 2 aromatic heterocycles. The molecule has 2 aromatic rings. The minimum atomic E-state index is -0.0368. The van der Waals surface area contributed by atoms with Crippen molar-refractivity contribution in [2.24, 2.45) is 0 Å². The largest absolute Gasteiger partial charge is 0.469 e. The molecule has 0 atom stereocenters. The molecule has 0 bridgehead atoms. The lowest BCUT2D eigenvalue weighted by Crippen LogP contribution is -2.27. The average molecular weight is 350 g/mol. The van der Waals surface area contributed by atoms with Crippen molar-refractivity contribution in [3.8, 4) is 11.4 Å². The number of allylic oxidation sites excluding steroid dienone is 1. The van der Waals surface area contributed by atoms with Crippen LogP contribution in [0.25, 0.3) is 11.4 Å². The van der Waals surface area contributed by atoms with Crippen molar-refractivity contribution in [2.75, 3.05) is 26.0 Å². The summed E-state index contributed by atoms with van der Waals surface area (Å²) in [6, 6.07) is 1.86. The summed E-state index contributed by atoms with van der Waals surface area (Å²) in [6.45, 7) is 7.45. The van der Waals surface area contributed by atoms with Gasteiger partial charge in [0.2, 0.25) is 5.91 Å². The number of amides is 1. The summed E-state index contributed by atoms with van der Waals surface area (Å²) in [6.07, 6.45) is 4.19. The molecule has 0 aromatic carbocycles. The molecule has 0 radical (unpaired) electrons. The molecule has 0 fully saturated rings. The van der Waals surface area contributed by atoms with Gasteiger partial charge in [-0.1, -0.05) is 17.8 Å². The van der Waals surface area contributed by atoms with Gasteiger partial charge in [0.25, 0.3) is 0 Å². The van der Waals surface area contributed by atoms with Gasteiger partial charge >= 0.3 is 0 Å². The highest BCUT2D eigenvalue weighted by Crippen LogP contribution is 2.26. The van der Waals surface area contributed by atoms with Crippen molar-refractivity contribution in [1.82, 2.24) is 20.1 Å². The number of thioether (sulfide) groups is 1. The maximum atomic E-state index is 11.9. The van der Waals surface area contributed by atoms with Gasteiger partial charge in [-0.15, -0.1) is 16.8 Å². The van der Waals surface area contributed by atoms with Crippen LogP contribution in [-0.4, -0.2) is 46.7 Å². The van der Waals surface area contributed by atoms with E-state index < -0.39 is 0 Å². The first-order valence-electron chi connectivity index (χ1n) is 7.64. The Morgan fingerprint density at radius 1 is 1.54 bits per heavy atom. The average Bonchev–Trinajstić information content (AvgIpc) is 3.16. The van der Waals surface area contributed by atoms with Gasteiger partial charge < -0.3 is 14.5 Å². The van der Waals surface area contributed by atoms with Crippen molar-refractivity contribution < 1.29 is 13.9 Å². The van der Waals surface area contributed by atoms with E-state index in [2.05, 4.69) is 22.1 Å². The van der Waals surface area contributed by atoms with Crippen molar-refractivity contribution in [1.29, 1.82) is 0 Å². The molecule has 0 aliphatic carbocycles. The second kappa shape index (κ2) is 9.29. The number of carbonyl (C=O) groups excluding carboxylic acids is 1. The van der Waals surface area contributed by atoms with Crippen LogP contribution in [0.15, 0.2) is 34.6 Å². The number of hydrogen-bond acceptors (Lipinski definition) is 6. The van der Waals surface area contributed by atoms with Crippen LogP contribution in [0.4, 0.5) is 0 Å². The molecule has 8 heteroatoms. The van der Waals surface area contributed by atoms with Crippen LogP contribution in [0.2, 0.25) is 0 Å². The lowest BCUT2D eigenvalue weighted by atomic mass is 10.2. The zero-order valence-corrected chi connectivity index (χ0v) is 14.8. The first-order valence-corrected chi connectivity index (χ1v) is 8.63. The molecule has 0 unspecified atom stereocenters. The summed E-state index contributed by atoms with van der Waals surface area (Å²) in [5, 5.41) is 12.0. The quantitative estimate of drug-likeness (QED) is 0.402. The summed E-state index contributed by atoms with van der Waals surface area (Å²) in [4.78, 5) is 11.9. The highest BCUT2D eigenvalue weighted by molar-refractivity contribution is 7.99. The predicted molar refractivity (Wildman–Crippen MR) is 92.9 cm³/mol. The fraction of sp³-hybridized carbons (Fsp3) is 0.438. The minimum Gasteiger partial charge on any atom is -0.469 e. The number of aromatic nitrogens is 3. The second-order valence-corrected chi connectivity index (χ2v) is 6.02. The molecule has 7 nitrogen and oxygen atoms in total. The van der Waals surface area contributed by atoms with Gasteiger partial charge in [-0.2, -0.15) is 0 Å². The zero-order chi connectivity index (χ0) is 17.4. The van der Waals surface area contributed by atoms with Gasteiger partial charge in [0.05, 0.1) is 17.6 Å². The van der Waals surface area contributed by atoms with Crippen molar-refractivity contribution in [3.05, 3.63) is 30.7 Å². The third-order valence-electron chi connectivity index (χ3n) is 3.31. The SMILES string of the molecule is C=CCn1c(SCC(=O)NCCCOC)nnc1-c1ccoc1C. The van der Waals surface area contributed by atoms with Gasteiger partial charge in [-0.3, -0.25) is 9.36 Å². The van der Waals surface area contributed by atoms with E-state index >= 15 is 0 Å². The molecule has 0 saturated carbocycles. The maximum absolute atomic E-state index is 11.9. The van der Waals surface area contributed by atoms with E-state index in [1.165, 1.54) is 11.8 Å². The predicted octanol–water partition coefficient (Wildman–Crippen LogP) is 2.28. The van der Waals surface area contributed by atoms with Crippen LogP contribution in [0.1, 0.15) is 12.2 Å². The minimum absolute atomic E-state index is 0.0368. The van der Waals surface area contributed by atoms with Crippen LogP contribution >= 0.6 is 11.8 Å². The normalized spacial score (nSPS) is 10.8. The van der Waals surface area contributed by atoms with Crippen molar-refractivity contribution in [3.63, 3.8) is 0 Å². The monoisotopic (exact) mass is 350 g/mol. The summed E-state index contributed by atoms with van der Waals surface area (Å²) in [5.74, 6) is 1.74. The second-order valence-electron chi connectivity index (χ2n) is 5.08. The topological polar surface area (TPSA) is 82.2 Å². The Morgan fingerprint density at radius 2 is 2.38 bits per heavy atom. The van der Waals surface area contributed by atoms with Gasteiger partial charge in [0.1, 0.15) is 5.76 Å². The number of carbonyl (C=O) groups is 1. The molecular weight excluding hydrogens is 328 g/mol. The van der Waals surface area contributed by atoms with E-state index in [0.29, 0.717) is 30.7 Å². The van der Waals surface area contributed by atoms with Crippen molar-refractivity contribution >= 4 is 17.7 Å². The van der Waals surface area contributed by atoms with Gasteiger partial charge in [0, 0.05) is 26.8 Å². The molecule has 0 aliphatic rings. The Morgan fingerprint density at radius 3 is 3.04 bits per heavy atom. The fourth-order valence-corrected chi connectivity index (χ4v) is 2.91. The fourth-order valence-electron chi connectivity index (χ4n) is 2.13. The molecule has 0 spiro atoms. The van der Waals surface area contributed by atoms with E-state index in [1.807, 2.05) is 17.6 Å². The molecule has 1 amide bonds. The number of furan rings is 1. The first kappa shape index (κ1) is 18.3. The Kier molecular flexibility index (Phi) is 7.07. The Labute approximate surface area is 145 Å². The van der Waals surface area contributed by atoms with Gasteiger partial charge in [-0.05, 0) is 19.4 Å². The molecule has 24 heavy (non-hydrogen) atoms. The smallest absolute Gasteiger partial charge is 0.230 e. The Hall–Kier alpha value is -2.06. The van der Waals surface area contributed by atoms with E-state index in [1.54, 1.807) is 19.4 Å². The molecule has 130 valence electrons. The lowest BCUT2D eigenvalue weighted by molar-refractivity contribution is -0.118. The molecule has 0 saturated heterocycles. The highest BCUT2D eigenvalue weighted by Gasteiger charge is 2.17. The molecule has 2 rings (SSSR count). The van der Waals surface area contributed by atoms with E-state index in [9.17, 15) is 4.79 Å². The number of rotatable bonds is 10. The van der Waals surface area contributed by atoms with Crippen LogP contribution in [0.3, 0.4) is 0 Å². The molecule has 1 N–H and O–H groups in total. The first-order chi connectivity index (χ1) is 11.7. The number of ether oxygens (including phenoxy) is 1. The summed E-state index contributed by atoms with van der Waals surface area (Å²) in [7, 11) is 1.64. The number of methoxy groups -OCH3 is 1. The molecule has 0 aliphatic heterocycles. The lowest BCUT2D eigenvalue weighted by Gasteiger charge is -2.07. The van der Waals surface area contributed by atoms with Crippen LogP contribution in [0.5, 0.6) is 0 Å². The van der Waals surface area contributed by atoms with E-state index in [4.69, 9.17) is 9.15 Å². The standard InChI is InChI=1S/C16H22N4O3S/c1-4-8-20-15(13-6-10-23-12(13)2)18-19-16(20)24-11-14(21)17-7-5-9-22-3/h4,6,10H,1,5,7-9,11H2,2-3H3,(H,17,21). The van der Waals surface area contributed by atoms with Crippen LogP contribution < -0.4 is 5.32 Å².